The molecule has 4 nitrogen and oxygen atoms in total. The summed E-state index contributed by atoms with van der Waals surface area (Å²) in [6.07, 6.45) is 0. The predicted octanol–water partition coefficient (Wildman–Crippen LogP) is 1.89. The van der Waals surface area contributed by atoms with E-state index < -0.39 is 11.9 Å². The van der Waals surface area contributed by atoms with Crippen molar-refractivity contribution in [3.8, 4) is 5.75 Å². The Labute approximate surface area is 102 Å². The van der Waals surface area contributed by atoms with Gasteiger partial charge in [-0.15, -0.1) is 0 Å². The summed E-state index contributed by atoms with van der Waals surface area (Å²) in [5.41, 5.74) is 1.11. The van der Waals surface area contributed by atoms with Crippen molar-refractivity contribution >= 4 is 5.97 Å². The largest absolute Gasteiger partial charge is 0.497 e. The molecule has 94 valence electrons. The van der Waals surface area contributed by atoms with E-state index >= 15 is 0 Å². The SMILES string of the molecule is COc1ccc(CNC(C)C(C)C(=O)O)cc1. The maximum absolute atomic E-state index is 10.8. The van der Waals surface area contributed by atoms with E-state index in [1.807, 2.05) is 31.2 Å². The first kappa shape index (κ1) is 13.5. The van der Waals surface area contributed by atoms with Gasteiger partial charge in [-0.25, -0.2) is 0 Å². The molecule has 1 aromatic carbocycles. The number of ether oxygens (including phenoxy) is 1. The summed E-state index contributed by atoms with van der Waals surface area (Å²) >= 11 is 0. The van der Waals surface area contributed by atoms with Crippen LogP contribution in [0.15, 0.2) is 24.3 Å². The van der Waals surface area contributed by atoms with Gasteiger partial charge in [0.25, 0.3) is 0 Å². The van der Waals surface area contributed by atoms with Crippen molar-refractivity contribution in [2.75, 3.05) is 7.11 Å². The average Bonchev–Trinajstić information content (AvgIpc) is 2.35. The summed E-state index contributed by atoms with van der Waals surface area (Å²) in [6, 6.07) is 7.65. The van der Waals surface area contributed by atoms with Gasteiger partial charge in [-0.05, 0) is 24.6 Å². The number of methoxy groups -OCH3 is 1. The first-order valence-electron chi connectivity index (χ1n) is 5.63. The standard InChI is InChI=1S/C13H19NO3/c1-9(13(15)16)10(2)14-8-11-4-6-12(17-3)7-5-11/h4-7,9-10,14H,8H2,1-3H3,(H,15,16). The van der Waals surface area contributed by atoms with Crippen LogP contribution in [0.5, 0.6) is 5.75 Å². The highest BCUT2D eigenvalue weighted by atomic mass is 16.5. The molecular formula is C13H19NO3. The first-order valence-corrected chi connectivity index (χ1v) is 5.63. The highest BCUT2D eigenvalue weighted by Gasteiger charge is 2.18. The van der Waals surface area contributed by atoms with Crippen molar-refractivity contribution < 1.29 is 14.6 Å². The molecule has 17 heavy (non-hydrogen) atoms. The van der Waals surface area contributed by atoms with Crippen molar-refractivity contribution in [2.24, 2.45) is 5.92 Å². The smallest absolute Gasteiger partial charge is 0.307 e. The van der Waals surface area contributed by atoms with Gasteiger partial charge in [0.2, 0.25) is 0 Å². The fourth-order valence-corrected chi connectivity index (χ4v) is 1.41. The van der Waals surface area contributed by atoms with Gasteiger partial charge in [-0.2, -0.15) is 0 Å². The normalized spacial score (nSPS) is 14.1. The van der Waals surface area contributed by atoms with Gasteiger partial charge in [0.1, 0.15) is 5.75 Å². The van der Waals surface area contributed by atoms with E-state index in [9.17, 15) is 4.79 Å². The maximum atomic E-state index is 10.8. The van der Waals surface area contributed by atoms with E-state index in [1.54, 1.807) is 14.0 Å². The van der Waals surface area contributed by atoms with Crippen molar-refractivity contribution in [2.45, 2.75) is 26.4 Å². The highest BCUT2D eigenvalue weighted by Crippen LogP contribution is 2.11. The Kier molecular flexibility index (Phi) is 4.97. The summed E-state index contributed by atoms with van der Waals surface area (Å²) in [6.45, 7) is 4.24. The van der Waals surface area contributed by atoms with Gasteiger partial charge in [-0.3, -0.25) is 4.79 Å². The predicted molar refractivity (Wildman–Crippen MR) is 66.1 cm³/mol. The third-order valence-corrected chi connectivity index (χ3v) is 2.93. The Morgan fingerprint density at radius 3 is 2.41 bits per heavy atom. The number of benzene rings is 1. The van der Waals surface area contributed by atoms with Crippen molar-refractivity contribution in [1.82, 2.24) is 5.32 Å². The fraction of sp³-hybridized carbons (Fsp3) is 0.462. The van der Waals surface area contributed by atoms with Crippen molar-refractivity contribution in [1.29, 1.82) is 0 Å². The van der Waals surface area contributed by atoms with Gasteiger partial charge >= 0.3 is 5.97 Å². The van der Waals surface area contributed by atoms with E-state index in [0.717, 1.165) is 11.3 Å². The molecule has 4 heteroatoms. The Bertz CT molecular complexity index is 361. The quantitative estimate of drug-likeness (QED) is 0.793. The molecule has 0 saturated carbocycles. The monoisotopic (exact) mass is 237 g/mol. The summed E-state index contributed by atoms with van der Waals surface area (Å²) in [7, 11) is 1.63. The summed E-state index contributed by atoms with van der Waals surface area (Å²) in [4.78, 5) is 10.8. The Hall–Kier alpha value is -1.55. The molecule has 0 aromatic heterocycles. The summed E-state index contributed by atoms with van der Waals surface area (Å²) in [5.74, 6) is -0.353. The lowest BCUT2D eigenvalue weighted by molar-refractivity contribution is -0.141. The molecule has 0 aliphatic carbocycles. The molecule has 1 rings (SSSR count). The number of hydrogen-bond donors (Lipinski definition) is 2. The molecule has 2 N–H and O–H groups in total. The Morgan fingerprint density at radius 1 is 1.35 bits per heavy atom. The molecule has 0 fully saturated rings. The average molecular weight is 237 g/mol. The molecular weight excluding hydrogens is 218 g/mol. The second kappa shape index (κ2) is 6.25. The number of aliphatic carboxylic acids is 1. The van der Waals surface area contributed by atoms with Crippen molar-refractivity contribution in [3.05, 3.63) is 29.8 Å². The molecule has 2 atom stereocenters. The molecule has 0 heterocycles. The third kappa shape index (κ3) is 4.07. The van der Waals surface area contributed by atoms with Gasteiger partial charge in [-0.1, -0.05) is 19.1 Å². The van der Waals surface area contributed by atoms with Crippen LogP contribution >= 0.6 is 0 Å². The number of carbonyl (C=O) groups is 1. The van der Waals surface area contributed by atoms with Crippen LogP contribution in [-0.4, -0.2) is 24.2 Å². The minimum atomic E-state index is -0.778. The van der Waals surface area contributed by atoms with Crippen LogP contribution in [0.4, 0.5) is 0 Å². The maximum Gasteiger partial charge on any atom is 0.307 e. The lowest BCUT2D eigenvalue weighted by Gasteiger charge is -2.17. The van der Waals surface area contributed by atoms with E-state index in [0.29, 0.717) is 6.54 Å². The molecule has 0 spiro atoms. The number of carboxylic acid groups (broad SMARTS) is 1. The summed E-state index contributed by atoms with van der Waals surface area (Å²) < 4.78 is 5.07. The second-order valence-corrected chi connectivity index (χ2v) is 4.14. The van der Waals surface area contributed by atoms with Gasteiger partial charge in [0.15, 0.2) is 0 Å². The number of carboxylic acids is 1. The van der Waals surface area contributed by atoms with Crippen LogP contribution < -0.4 is 10.1 Å². The summed E-state index contributed by atoms with van der Waals surface area (Å²) in [5, 5.41) is 12.1. The van der Waals surface area contributed by atoms with E-state index in [4.69, 9.17) is 9.84 Å². The second-order valence-electron chi connectivity index (χ2n) is 4.14. The van der Waals surface area contributed by atoms with Crippen molar-refractivity contribution in [3.63, 3.8) is 0 Å². The lowest BCUT2D eigenvalue weighted by atomic mass is 10.0. The molecule has 0 saturated heterocycles. The van der Waals surface area contributed by atoms with Crippen LogP contribution in [-0.2, 0) is 11.3 Å². The Balaban J connectivity index is 2.47. The zero-order valence-corrected chi connectivity index (χ0v) is 10.4. The van der Waals surface area contributed by atoms with Crippen LogP contribution in [0.3, 0.4) is 0 Å². The number of nitrogens with one attached hydrogen (secondary N) is 1. The number of rotatable bonds is 6. The molecule has 0 amide bonds. The Morgan fingerprint density at radius 2 is 1.94 bits per heavy atom. The van der Waals surface area contributed by atoms with E-state index in [1.165, 1.54) is 0 Å². The van der Waals surface area contributed by atoms with Gasteiger partial charge in [0, 0.05) is 12.6 Å². The van der Waals surface area contributed by atoms with Crippen LogP contribution in [0.25, 0.3) is 0 Å². The van der Waals surface area contributed by atoms with E-state index in [2.05, 4.69) is 5.32 Å². The van der Waals surface area contributed by atoms with E-state index in [-0.39, 0.29) is 6.04 Å². The van der Waals surface area contributed by atoms with Crippen LogP contribution in [0, 0.1) is 5.92 Å². The zero-order valence-electron chi connectivity index (χ0n) is 10.4. The van der Waals surface area contributed by atoms with Crippen LogP contribution in [0.1, 0.15) is 19.4 Å². The number of hydrogen-bond acceptors (Lipinski definition) is 3. The minimum absolute atomic E-state index is 0.0606. The minimum Gasteiger partial charge on any atom is -0.497 e. The van der Waals surface area contributed by atoms with Gasteiger partial charge < -0.3 is 15.2 Å². The van der Waals surface area contributed by atoms with Gasteiger partial charge in [0.05, 0.1) is 13.0 Å². The molecule has 2 unspecified atom stereocenters. The molecule has 0 aliphatic heterocycles. The first-order chi connectivity index (χ1) is 8.04. The molecule has 0 aliphatic rings. The topological polar surface area (TPSA) is 58.6 Å². The molecule has 0 radical (unpaired) electrons. The molecule has 0 bridgehead atoms. The zero-order chi connectivity index (χ0) is 12.8. The lowest BCUT2D eigenvalue weighted by Crippen LogP contribution is -2.35. The highest BCUT2D eigenvalue weighted by molar-refractivity contribution is 5.70. The third-order valence-electron chi connectivity index (χ3n) is 2.93. The molecule has 1 aromatic rings. The van der Waals surface area contributed by atoms with Crippen LogP contribution in [0.2, 0.25) is 0 Å². The fourth-order valence-electron chi connectivity index (χ4n) is 1.41.